The SMILES string of the molecule is CC(=O)N1CCc2c(oc3ccccc23)C12CCC(c1ccccc1)(N(C)C)CC2. The number of hydrogen-bond acceptors (Lipinski definition) is 3. The molecule has 0 atom stereocenters. The van der Waals surface area contributed by atoms with Crippen molar-refractivity contribution in [3.63, 3.8) is 0 Å². The van der Waals surface area contributed by atoms with Crippen LogP contribution in [0.4, 0.5) is 0 Å². The number of amides is 1. The number of rotatable bonds is 2. The monoisotopic (exact) mass is 402 g/mol. The molecule has 2 aliphatic rings. The van der Waals surface area contributed by atoms with Crippen LogP contribution in [0.1, 0.15) is 49.5 Å². The lowest BCUT2D eigenvalue weighted by atomic mass is 9.65. The van der Waals surface area contributed by atoms with Crippen molar-refractivity contribution < 1.29 is 9.21 Å². The molecule has 0 radical (unpaired) electrons. The highest BCUT2D eigenvalue weighted by Crippen LogP contribution is 2.54. The van der Waals surface area contributed by atoms with Crippen molar-refractivity contribution in [1.82, 2.24) is 9.80 Å². The minimum Gasteiger partial charge on any atom is -0.458 e. The average molecular weight is 403 g/mol. The fraction of sp³-hybridized carbons (Fsp3) is 0.423. The van der Waals surface area contributed by atoms with Gasteiger partial charge in [-0.15, -0.1) is 0 Å². The molecule has 1 saturated carbocycles. The third-order valence-electron chi connectivity index (χ3n) is 7.67. The number of fused-ring (bicyclic) bond motifs is 4. The molecule has 3 aromatic rings. The predicted octanol–water partition coefficient (Wildman–Crippen LogP) is 5.06. The number of furan rings is 1. The molecule has 4 nitrogen and oxygen atoms in total. The fourth-order valence-electron chi connectivity index (χ4n) is 6.06. The first-order valence-corrected chi connectivity index (χ1v) is 11.0. The zero-order chi connectivity index (χ0) is 20.9. The second kappa shape index (κ2) is 6.98. The first-order chi connectivity index (χ1) is 14.5. The maximum absolute atomic E-state index is 12.7. The second-order valence-electron chi connectivity index (χ2n) is 9.15. The van der Waals surface area contributed by atoms with Gasteiger partial charge in [0.15, 0.2) is 0 Å². The van der Waals surface area contributed by atoms with Crippen LogP contribution in [0.15, 0.2) is 59.0 Å². The number of para-hydroxylation sites is 1. The van der Waals surface area contributed by atoms with E-state index in [1.54, 1.807) is 6.92 Å². The Morgan fingerprint density at radius 3 is 2.30 bits per heavy atom. The molecule has 156 valence electrons. The molecule has 5 rings (SSSR count). The third kappa shape index (κ3) is 2.66. The first-order valence-electron chi connectivity index (χ1n) is 11.0. The van der Waals surface area contributed by atoms with Gasteiger partial charge in [-0.2, -0.15) is 0 Å². The maximum Gasteiger partial charge on any atom is 0.220 e. The minimum atomic E-state index is -0.341. The van der Waals surface area contributed by atoms with Gasteiger partial charge in [0.2, 0.25) is 5.91 Å². The highest BCUT2D eigenvalue weighted by Gasteiger charge is 2.53. The topological polar surface area (TPSA) is 36.7 Å². The van der Waals surface area contributed by atoms with Crippen LogP contribution < -0.4 is 0 Å². The smallest absolute Gasteiger partial charge is 0.220 e. The Morgan fingerprint density at radius 1 is 0.967 bits per heavy atom. The van der Waals surface area contributed by atoms with Crippen molar-refractivity contribution in [3.8, 4) is 0 Å². The Kier molecular flexibility index (Phi) is 4.51. The Morgan fingerprint density at radius 2 is 1.63 bits per heavy atom. The van der Waals surface area contributed by atoms with Crippen LogP contribution in [-0.4, -0.2) is 36.3 Å². The molecule has 1 amide bonds. The van der Waals surface area contributed by atoms with E-state index in [-0.39, 0.29) is 17.0 Å². The Balaban J connectivity index is 1.61. The molecule has 1 aromatic heterocycles. The normalized spacial score (nSPS) is 26.3. The average Bonchev–Trinajstić information content (AvgIpc) is 3.15. The zero-order valence-electron chi connectivity index (χ0n) is 18.1. The summed E-state index contributed by atoms with van der Waals surface area (Å²) in [5.74, 6) is 1.18. The molecule has 1 spiro atoms. The van der Waals surface area contributed by atoms with Gasteiger partial charge in [0.25, 0.3) is 0 Å². The molecule has 2 aromatic carbocycles. The summed E-state index contributed by atoms with van der Waals surface area (Å²) in [7, 11) is 4.36. The number of carbonyl (C=O) groups excluding carboxylic acids is 1. The van der Waals surface area contributed by atoms with E-state index < -0.39 is 0 Å². The van der Waals surface area contributed by atoms with Crippen molar-refractivity contribution in [2.45, 2.75) is 50.1 Å². The number of nitrogens with zero attached hydrogens (tertiary/aromatic N) is 2. The van der Waals surface area contributed by atoms with Crippen LogP contribution in [0, 0.1) is 0 Å². The summed E-state index contributed by atoms with van der Waals surface area (Å²) >= 11 is 0. The van der Waals surface area contributed by atoms with Crippen molar-refractivity contribution >= 4 is 16.9 Å². The Labute approximate surface area is 178 Å². The van der Waals surface area contributed by atoms with E-state index in [1.165, 1.54) is 16.5 Å². The Bertz CT molecular complexity index is 1070. The summed E-state index contributed by atoms with van der Waals surface area (Å²) in [6, 6.07) is 19.1. The van der Waals surface area contributed by atoms with Crippen LogP contribution in [0.2, 0.25) is 0 Å². The van der Waals surface area contributed by atoms with E-state index in [9.17, 15) is 4.79 Å². The van der Waals surface area contributed by atoms with Crippen LogP contribution >= 0.6 is 0 Å². The van der Waals surface area contributed by atoms with Gasteiger partial charge >= 0.3 is 0 Å². The molecule has 30 heavy (non-hydrogen) atoms. The standard InChI is InChI=1S/C26H30N2O2/c1-19(29)28-18-13-22-21-11-7-8-12-23(21)30-24(22)26(28)16-14-25(15-17-26,27(2)3)20-9-5-4-6-10-20/h4-12H,13-18H2,1-3H3. The van der Waals surface area contributed by atoms with Crippen molar-refractivity contribution in [3.05, 3.63) is 71.5 Å². The molecular weight excluding hydrogens is 372 g/mol. The summed E-state index contributed by atoms with van der Waals surface area (Å²) in [4.78, 5) is 17.2. The summed E-state index contributed by atoms with van der Waals surface area (Å²) < 4.78 is 6.49. The molecule has 4 heteroatoms. The van der Waals surface area contributed by atoms with E-state index in [0.717, 1.165) is 50.0 Å². The summed E-state index contributed by atoms with van der Waals surface area (Å²) in [6.07, 6.45) is 4.67. The lowest BCUT2D eigenvalue weighted by Gasteiger charge is -2.54. The van der Waals surface area contributed by atoms with Gasteiger partial charge in [-0.1, -0.05) is 48.5 Å². The summed E-state index contributed by atoms with van der Waals surface area (Å²) in [5.41, 5.74) is 3.26. The zero-order valence-corrected chi connectivity index (χ0v) is 18.1. The summed E-state index contributed by atoms with van der Waals surface area (Å²) in [6.45, 7) is 2.48. The molecule has 0 saturated heterocycles. The van der Waals surface area contributed by atoms with Crippen molar-refractivity contribution in [2.75, 3.05) is 20.6 Å². The van der Waals surface area contributed by atoms with Gasteiger partial charge < -0.3 is 9.32 Å². The second-order valence-corrected chi connectivity index (χ2v) is 9.15. The molecule has 2 heterocycles. The van der Waals surface area contributed by atoms with Gasteiger partial charge in [0, 0.05) is 30.0 Å². The quantitative estimate of drug-likeness (QED) is 0.601. The van der Waals surface area contributed by atoms with Gasteiger partial charge in [-0.25, -0.2) is 0 Å². The van der Waals surface area contributed by atoms with E-state index >= 15 is 0 Å². The molecule has 0 unspecified atom stereocenters. The lowest BCUT2D eigenvalue weighted by molar-refractivity contribution is -0.141. The highest BCUT2D eigenvalue weighted by atomic mass is 16.3. The Hall–Kier alpha value is -2.59. The van der Waals surface area contributed by atoms with E-state index in [2.05, 4.69) is 72.4 Å². The number of carbonyl (C=O) groups is 1. The first kappa shape index (κ1) is 19.4. The van der Waals surface area contributed by atoms with Crippen LogP contribution in [0.25, 0.3) is 11.0 Å². The number of benzene rings is 2. The molecular formula is C26H30N2O2. The predicted molar refractivity (Wildman–Crippen MR) is 119 cm³/mol. The van der Waals surface area contributed by atoms with Crippen molar-refractivity contribution in [2.24, 2.45) is 0 Å². The van der Waals surface area contributed by atoms with Gasteiger partial charge in [-0.3, -0.25) is 9.69 Å². The molecule has 0 bridgehead atoms. The third-order valence-corrected chi connectivity index (χ3v) is 7.67. The van der Waals surface area contributed by atoms with Gasteiger partial charge in [-0.05, 0) is 57.8 Å². The van der Waals surface area contributed by atoms with E-state index in [0.29, 0.717) is 0 Å². The van der Waals surface area contributed by atoms with E-state index in [4.69, 9.17) is 4.42 Å². The molecule has 1 aliphatic heterocycles. The lowest BCUT2D eigenvalue weighted by Crippen LogP contribution is -2.57. The molecule has 0 N–H and O–H groups in total. The summed E-state index contributed by atoms with van der Waals surface area (Å²) in [5, 5.41) is 1.21. The van der Waals surface area contributed by atoms with Crippen LogP contribution in [-0.2, 0) is 22.3 Å². The van der Waals surface area contributed by atoms with Gasteiger partial charge in [0.1, 0.15) is 16.9 Å². The minimum absolute atomic E-state index is 0.0153. The molecule has 1 aliphatic carbocycles. The fourth-order valence-corrected chi connectivity index (χ4v) is 6.06. The maximum atomic E-state index is 12.7. The van der Waals surface area contributed by atoms with Crippen molar-refractivity contribution in [1.29, 1.82) is 0 Å². The van der Waals surface area contributed by atoms with Gasteiger partial charge in [0.05, 0.1) is 0 Å². The molecule has 1 fully saturated rings. The highest BCUT2D eigenvalue weighted by molar-refractivity contribution is 5.84. The van der Waals surface area contributed by atoms with Crippen LogP contribution in [0.5, 0.6) is 0 Å². The largest absolute Gasteiger partial charge is 0.458 e. The van der Waals surface area contributed by atoms with E-state index in [1.807, 2.05) is 6.07 Å². The van der Waals surface area contributed by atoms with Crippen LogP contribution in [0.3, 0.4) is 0 Å². The number of hydrogen-bond donors (Lipinski definition) is 0.